The van der Waals surface area contributed by atoms with E-state index in [0.717, 1.165) is 38.4 Å². The van der Waals surface area contributed by atoms with Crippen LogP contribution in [0.15, 0.2) is 33.6 Å². The van der Waals surface area contributed by atoms with Gasteiger partial charge in [0.25, 0.3) is 0 Å². The Morgan fingerprint density at radius 3 is 2.50 bits per heavy atom. The van der Waals surface area contributed by atoms with Gasteiger partial charge in [-0.1, -0.05) is 24.4 Å². The van der Waals surface area contributed by atoms with Crippen LogP contribution in [0.25, 0.3) is 0 Å². The molecule has 9 nitrogen and oxygen atoms in total. The number of nitrogens with one attached hydrogen (secondary N) is 1. The predicted molar refractivity (Wildman–Crippen MR) is 109 cm³/mol. The van der Waals surface area contributed by atoms with Crippen LogP contribution in [0.2, 0.25) is 0 Å². The molecule has 2 amide bonds. The Balaban J connectivity index is 1.41. The van der Waals surface area contributed by atoms with Crippen LogP contribution >= 0.6 is 0 Å². The molecule has 1 saturated carbocycles. The molecule has 10 heteroatoms. The van der Waals surface area contributed by atoms with Crippen molar-refractivity contribution in [3.8, 4) is 0 Å². The number of nitrogens with zero attached hydrogens (tertiary/aromatic N) is 3. The molecular weight excluding hydrogens is 408 g/mol. The maximum Gasteiger partial charge on any atom is 0.322 e. The van der Waals surface area contributed by atoms with Crippen LogP contribution in [0.5, 0.6) is 0 Å². The number of rotatable bonds is 5. The summed E-state index contributed by atoms with van der Waals surface area (Å²) >= 11 is 0. The average molecular weight is 433 g/mol. The zero-order chi connectivity index (χ0) is 21.3. The number of hydrogen-bond acceptors (Lipinski definition) is 7. The number of amides is 2. The van der Waals surface area contributed by atoms with Gasteiger partial charge in [0, 0.05) is 30.8 Å². The molecule has 1 aromatic carbocycles. The Morgan fingerprint density at radius 2 is 1.83 bits per heavy atom. The van der Waals surface area contributed by atoms with E-state index >= 15 is 0 Å². The molecule has 160 valence electrons. The third-order valence-corrected chi connectivity index (χ3v) is 6.83. The zero-order valence-corrected chi connectivity index (χ0v) is 17.5. The lowest BCUT2D eigenvalue weighted by atomic mass is 9.89. The maximum absolute atomic E-state index is 12.5. The van der Waals surface area contributed by atoms with E-state index in [1.165, 1.54) is 12.1 Å². The molecule has 2 aliphatic rings. The first-order valence-corrected chi connectivity index (χ1v) is 11.9. The first-order chi connectivity index (χ1) is 14.3. The van der Waals surface area contributed by atoms with Crippen molar-refractivity contribution in [1.82, 2.24) is 10.2 Å². The topological polar surface area (TPSA) is 122 Å². The van der Waals surface area contributed by atoms with Crippen molar-refractivity contribution >= 4 is 33.4 Å². The van der Waals surface area contributed by atoms with E-state index in [2.05, 4.69) is 15.5 Å². The van der Waals surface area contributed by atoms with Crippen LogP contribution < -0.4 is 10.2 Å². The minimum absolute atomic E-state index is 0.0208. The standard InChI is InChI=1S/C20H24N4O5S/c1-30(27,28)16-9-7-15(8-10-16)24-12-14(11-17(24)25)19-22-23-20(29-19)21-18(26)13-5-3-2-4-6-13/h7-10,13-14H,2-6,11-12H2,1H3,(H,21,23,26)/t14-/m1/s1. The van der Waals surface area contributed by atoms with Crippen molar-refractivity contribution < 1.29 is 22.4 Å². The number of anilines is 2. The number of carbonyl (C=O) groups is 2. The van der Waals surface area contributed by atoms with E-state index in [4.69, 9.17) is 4.42 Å². The van der Waals surface area contributed by atoms with Gasteiger partial charge < -0.3 is 9.32 Å². The van der Waals surface area contributed by atoms with Crippen molar-refractivity contribution in [3.63, 3.8) is 0 Å². The third kappa shape index (κ3) is 4.38. The number of aromatic nitrogens is 2. The Bertz CT molecular complexity index is 1040. The molecule has 1 atom stereocenters. The van der Waals surface area contributed by atoms with Crippen LogP contribution in [0.4, 0.5) is 11.7 Å². The fourth-order valence-electron chi connectivity index (χ4n) is 4.02. The lowest BCUT2D eigenvalue weighted by molar-refractivity contribution is -0.121. The number of hydrogen-bond donors (Lipinski definition) is 1. The molecule has 30 heavy (non-hydrogen) atoms. The highest BCUT2D eigenvalue weighted by Crippen LogP contribution is 2.32. The van der Waals surface area contributed by atoms with E-state index < -0.39 is 9.84 Å². The van der Waals surface area contributed by atoms with Crippen LogP contribution in [-0.2, 0) is 19.4 Å². The van der Waals surface area contributed by atoms with Gasteiger partial charge in [-0.05, 0) is 37.1 Å². The minimum atomic E-state index is -3.30. The van der Waals surface area contributed by atoms with Gasteiger partial charge in [0.1, 0.15) is 0 Å². The van der Waals surface area contributed by atoms with E-state index in [9.17, 15) is 18.0 Å². The highest BCUT2D eigenvalue weighted by Gasteiger charge is 2.35. The second-order valence-electron chi connectivity index (χ2n) is 7.94. The largest absolute Gasteiger partial charge is 0.407 e. The van der Waals surface area contributed by atoms with E-state index in [1.807, 2.05) is 0 Å². The maximum atomic E-state index is 12.5. The van der Waals surface area contributed by atoms with Gasteiger partial charge in [-0.25, -0.2) is 8.42 Å². The summed E-state index contributed by atoms with van der Waals surface area (Å²) < 4.78 is 28.8. The van der Waals surface area contributed by atoms with Gasteiger partial charge in [-0.15, -0.1) is 5.10 Å². The predicted octanol–water partition coefficient (Wildman–Crippen LogP) is 2.51. The normalized spacial score (nSPS) is 20.5. The van der Waals surface area contributed by atoms with Crippen molar-refractivity contribution in [2.45, 2.75) is 49.3 Å². The Morgan fingerprint density at radius 1 is 1.13 bits per heavy atom. The summed E-state index contributed by atoms with van der Waals surface area (Å²) in [5.41, 5.74) is 0.611. The van der Waals surface area contributed by atoms with Crippen LogP contribution in [0.3, 0.4) is 0 Å². The molecule has 1 N–H and O–H groups in total. The Kier molecular flexibility index (Phi) is 5.59. The summed E-state index contributed by atoms with van der Waals surface area (Å²) in [4.78, 5) is 26.6. The van der Waals surface area contributed by atoms with Crippen LogP contribution in [0, 0.1) is 5.92 Å². The lowest BCUT2D eigenvalue weighted by Gasteiger charge is -2.19. The molecule has 4 rings (SSSR count). The molecule has 2 heterocycles. The summed E-state index contributed by atoms with van der Waals surface area (Å²) in [6.07, 6.45) is 6.35. The van der Waals surface area contributed by atoms with Crippen LogP contribution in [-0.4, -0.2) is 43.2 Å². The summed E-state index contributed by atoms with van der Waals surface area (Å²) in [7, 11) is -3.30. The van der Waals surface area contributed by atoms with E-state index in [-0.39, 0.29) is 41.0 Å². The quantitative estimate of drug-likeness (QED) is 0.770. The second kappa shape index (κ2) is 8.17. The molecule has 1 aromatic heterocycles. The average Bonchev–Trinajstić information content (AvgIpc) is 3.34. The molecule has 1 aliphatic heterocycles. The minimum Gasteiger partial charge on any atom is -0.407 e. The molecule has 1 saturated heterocycles. The van der Waals surface area contributed by atoms with Gasteiger partial charge in [-0.2, -0.15) is 0 Å². The number of sulfone groups is 1. The monoisotopic (exact) mass is 432 g/mol. The van der Waals surface area contributed by atoms with Gasteiger partial charge in [0.05, 0.1) is 10.8 Å². The number of carbonyl (C=O) groups excluding carboxylic acids is 2. The van der Waals surface area contributed by atoms with E-state index in [0.29, 0.717) is 18.1 Å². The highest BCUT2D eigenvalue weighted by atomic mass is 32.2. The zero-order valence-electron chi connectivity index (χ0n) is 16.7. The first kappa shape index (κ1) is 20.5. The van der Waals surface area contributed by atoms with Gasteiger partial charge in [0.2, 0.25) is 17.7 Å². The van der Waals surface area contributed by atoms with Gasteiger partial charge >= 0.3 is 6.01 Å². The molecule has 1 aliphatic carbocycles. The molecule has 0 spiro atoms. The Labute approximate surface area is 174 Å². The summed E-state index contributed by atoms with van der Waals surface area (Å²) in [6, 6.07) is 6.25. The number of benzene rings is 1. The van der Waals surface area contributed by atoms with Crippen molar-refractivity contribution in [3.05, 3.63) is 30.2 Å². The molecule has 0 unspecified atom stereocenters. The molecule has 0 radical (unpaired) electrons. The first-order valence-electron chi connectivity index (χ1n) is 10.1. The molecule has 0 bridgehead atoms. The third-order valence-electron chi connectivity index (χ3n) is 5.70. The summed E-state index contributed by atoms with van der Waals surface area (Å²) in [6.45, 7) is 0.343. The Hall–Kier alpha value is -2.75. The van der Waals surface area contributed by atoms with Crippen molar-refractivity contribution in [2.24, 2.45) is 5.92 Å². The van der Waals surface area contributed by atoms with E-state index in [1.54, 1.807) is 17.0 Å². The van der Waals surface area contributed by atoms with Crippen LogP contribution in [0.1, 0.15) is 50.3 Å². The summed E-state index contributed by atoms with van der Waals surface area (Å²) in [5, 5.41) is 10.6. The SMILES string of the molecule is CS(=O)(=O)c1ccc(N2C[C@H](c3nnc(NC(=O)C4CCCCC4)o3)CC2=O)cc1. The highest BCUT2D eigenvalue weighted by molar-refractivity contribution is 7.90. The fourth-order valence-corrected chi connectivity index (χ4v) is 4.65. The fraction of sp³-hybridized carbons (Fsp3) is 0.500. The lowest BCUT2D eigenvalue weighted by Crippen LogP contribution is -2.24. The molecule has 2 aromatic rings. The van der Waals surface area contributed by atoms with Gasteiger partial charge in [-0.3, -0.25) is 14.9 Å². The summed E-state index contributed by atoms with van der Waals surface area (Å²) in [5.74, 6) is -0.219. The molecular formula is C20H24N4O5S. The van der Waals surface area contributed by atoms with Crippen molar-refractivity contribution in [2.75, 3.05) is 23.0 Å². The smallest absolute Gasteiger partial charge is 0.322 e. The second-order valence-corrected chi connectivity index (χ2v) is 9.96. The van der Waals surface area contributed by atoms with Crippen molar-refractivity contribution in [1.29, 1.82) is 0 Å². The van der Waals surface area contributed by atoms with Gasteiger partial charge in [0.15, 0.2) is 9.84 Å². The molecule has 2 fully saturated rings.